The van der Waals surface area contributed by atoms with Crippen LogP contribution in [0.1, 0.15) is 27.6 Å². The Balaban J connectivity index is 1.31. The molecule has 0 aliphatic rings. The summed E-state index contributed by atoms with van der Waals surface area (Å²) in [4.78, 5) is 12.4. The largest absolute Gasteiger partial charge is 0.387 e. The first-order chi connectivity index (χ1) is 17.3. The zero-order valence-corrected chi connectivity index (χ0v) is 20.5. The van der Waals surface area contributed by atoms with Crippen LogP contribution in [0.15, 0.2) is 82.6 Å². The van der Waals surface area contributed by atoms with Crippen molar-refractivity contribution in [2.24, 2.45) is 0 Å². The summed E-state index contributed by atoms with van der Waals surface area (Å²) < 4.78 is 26.0. The molecule has 0 radical (unpaired) electrons. The fraction of sp³-hybridized carbons (Fsp3) is 0.167. The van der Waals surface area contributed by atoms with Gasteiger partial charge in [-0.25, -0.2) is 8.42 Å². The highest BCUT2D eigenvalue weighted by molar-refractivity contribution is 7.91. The second kappa shape index (κ2) is 11.4. The Kier molecular flexibility index (Phi) is 8.06. The van der Waals surface area contributed by atoms with Gasteiger partial charge in [0.05, 0.1) is 15.9 Å². The third-order valence-corrected chi connectivity index (χ3v) is 7.41. The second-order valence-corrected chi connectivity index (χ2v) is 10.3. The number of aromatic nitrogens is 4. The molecule has 4 aromatic rings. The van der Waals surface area contributed by atoms with Crippen LogP contribution in [0.2, 0.25) is 5.02 Å². The number of aromatic amines is 1. The van der Waals surface area contributed by atoms with Crippen LogP contribution in [0.5, 0.6) is 0 Å². The van der Waals surface area contributed by atoms with Gasteiger partial charge in [0.2, 0.25) is 9.84 Å². The molecule has 0 saturated heterocycles. The Hall–Kier alpha value is -3.64. The van der Waals surface area contributed by atoms with Crippen molar-refractivity contribution in [3.05, 3.63) is 94.5 Å². The van der Waals surface area contributed by atoms with Crippen LogP contribution in [0, 0.1) is 0 Å². The lowest BCUT2D eigenvalue weighted by Crippen LogP contribution is -2.23. The molecule has 1 atom stereocenters. The van der Waals surface area contributed by atoms with Gasteiger partial charge in [-0.2, -0.15) is 5.21 Å². The molecule has 0 aliphatic carbocycles. The first kappa shape index (κ1) is 25.5. The van der Waals surface area contributed by atoms with E-state index in [1.807, 2.05) is 6.07 Å². The monoisotopic (exact) mass is 526 g/mol. The van der Waals surface area contributed by atoms with Crippen molar-refractivity contribution in [2.45, 2.75) is 22.3 Å². The number of H-pyrrole nitrogens is 1. The number of benzene rings is 3. The van der Waals surface area contributed by atoms with E-state index in [0.29, 0.717) is 24.5 Å². The van der Waals surface area contributed by atoms with Gasteiger partial charge in [0.1, 0.15) is 0 Å². The minimum Gasteiger partial charge on any atom is -0.387 e. The third kappa shape index (κ3) is 6.32. The Labute approximate surface area is 212 Å². The van der Waals surface area contributed by atoms with Gasteiger partial charge < -0.3 is 10.4 Å². The number of sulfone groups is 1. The van der Waals surface area contributed by atoms with E-state index in [0.717, 1.165) is 11.1 Å². The molecule has 12 heteroatoms. The van der Waals surface area contributed by atoms with Crippen LogP contribution in [-0.4, -0.2) is 53.1 Å². The summed E-state index contributed by atoms with van der Waals surface area (Å²) in [5, 5.41) is 29.3. The third-order valence-electron chi connectivity index (χ3n) is 5.39. The Morgan fingerprint density at radius 3 is 2.36 bits per heavy atom. The number of aliphatic hydroxyl groups excluding tert-OH is 1. The molecule has 0 unspecified atom stereocenters. The molecule has 0 bridgehead atoms. The van der Waals surface area contributed by atoms with E-state index in [2.05, 4.69) is 31.3 Å². The number of carbonyl (C=O) groups excluding carboxylic acids is 1. The molecule has 1 heterocycles. The van der Waals surface area contributed by atoms with Crippen LogP contribution < -0.4 is 10.6 Å². The molecule has 4 rings (SSSR count). The van der Waals surface area contributed by atoms with Gasteiger partial charge in [-0.3, -0.25) is 10.1 Å². The Morgan fingerprint density at radius 2 is 1.72 bits per heavy atom. The fourth-order valence-electron chi connectivity index (χ4n) is 3.45. The molecule has 0 aliphatic heterocycles. The average molecular weight is 527 g/mol. The van der Waals surface area contributed by atoms with E-state index in [-0.39, 0.29) is 21.3 Å². The molecule has 0 saturated carbocycles. The number of hydrogen-bond acceptors (Lipinski definition) is 8. The van der Waals surface area contributed by atoms with Gasteiger partial charge in [0.15, 0.2) is 0 Å². The normalized spacial score (nSPS) is 12.3. The van der Waals surface area contributed by atoms with Crippen LogP contribution in [0.4, 0.5) is 5.95 Å². The van der Waals surface area contributed by atoms with E-state index >= 15 is 0 Å². The smallest absolute Gasteiger partial charge is 0.270 e. The first-order valence-corrected chi connectivity index (χ1v) is 12.8. The number of anilines is 1. The lowest BCUT2D eigenvalue weighted by atomic mass is 10.1. The quantitative estimate of drug-likeness (QED) is 0.230. The lowest BCUT2D eigenvalue weighted by molar-refractivity contribution is 0.102. The van der Waals surface area contributed by atoms with Crippen LogP contribution in [0.25, 0.3) is 0 Å². The van der Waals surface area contributed by atoms with E-state index in [9.17, 15) is 18.3 Å². The highest BCUT2D eigenvalue weighted by Crippen LogP contribution is 2.22. The molecular weight excluding hydrogens is 504 g/mol. The number of aliphatic hydroxyl groups is 1. The summed E-state index contributed by atoms with van der Waals surface area (Å²) >= 11 is 5.96. The van der Waals surface area contributed by atoms with Gasteiger partial charge in [-0.05, 0) is 77.8 Å². The summed E-state index contributed by atoms with van der Waals surface area (Å²) in [6, 6.07) is 19.3. The first-order valence-electron chi connectivity index (χ1n) is 11.0. The molecule has 4 N–H and O–H groups in total. The van der Waals surface area contributed by atoms with Gasteiger partial charge in [-0.1, -0.05) is 41.0 Å². The SMILES string of the molecule is O=C(Nc1nn[nH]n1)c1ccc(S(=O)(=O)c2ccc(CCNC[C@@H](O)c3cccc(Cl)c3)cc2)cc1. The number of amides is 1. The van der Waals surface area contributed by atoms with E-state index in [4.69, 9.17) is 11.6 Å². The van der Waals surface area contributed by atoms with Crippen LogP contribution >= 0.6 is 11.6 Å². The Morgan fingerprint density at radius 1 is 1.03 bits per heavy atom. The van der Waals surface area contributed by atoms with E-state index < -0.39 is 21.8 Å². The van der Waals surface area contributed by atoms with Crippen LogP contribution in [0.3, 0.4) is 0 Å². The van der Waals surface area contributed by atoms with Gasteiger partial charge in [-0.15, -0.1) is 5.10 Å². The van der Waals surface area contributed by atoms with Crippen molar-refractivity contribution in [1.29, 1.82) is 0 Å². The molecule has 36 heavy (non-hydrogen) atoms. The number of rotatable bonds is 10. The highest BCUT2D eigenvalue weighted by Gasteiger charge is 2.18. The molecule has 0 fully saturated rings. The predicted octanol–water partition coefficient (Wildman–Crippen LogP) is 2.80. The standard InChI is InChI=1S/C24H23ClN6O4S/c25-19-3-1-2-18(14-19)22(32)15-26-13-12-16-4-8-20(9-5-16)36(34,35)21-10-6-17(7-11-21)23(33)27-24-28-30-31-29-24/h1-11,14,22,26,32H,12-13,15H2,(H2,27,28,29,30,31,33)/t22-/m1/s1. The number of nitrogens with one attached hydrogen (secondary N) is 3. The average Bonchev–Trinajstić information content (AvgIpc) is 3.40. The number of tetrazole rings is 1. The van der Waals surface area contributed by atoms with Gasteiger partial charge in [0, 0.05) is 17.1 Å². The van der Waals surface area contributed by atoms with Gasteiger partial charge in [0.25, 0.3) is 11.9 Å². The van der Waals surface area contributed by atoms with Gasteiger partial charge >= 0.3 is 0 Å². The summed E-state index contributed by atoms with van der Waals surface area (Å²) in [6.07, 6.45) is -0.0140. The maximum atomic E-state index is 13.0. The summed E-state index contributed by atoms with van der Waals surface area (Å²) in [5.74, 6) is -0.470. The number of nitrogens with zero attached hydrogens (tertiary/aromatic N) is 3. The zero-order valence-electron chi connectivity index (χ0n) is 18.9. The van der Waals surface area contributed by atoms with Crippen molar-refractivity contribution in [1.82, 2.24) is 25.9 Å². The van der Waals surface area contributed by atoms with Crippen molar-refractivity contribution >= 4 is 33.3 Å². The minimum absolute atomic E-state index is 0.0178. The number of carbonyl (C=O) groups is 1. The molecule has 3 aromatic carbocycles. The lowest BCUT2D eigenvalue weighted by Gasteiger charge is -2.13. The number of halogens is 1. The molecule has 1 amide bonds. The molecule has 0 spiro atoms. The predicted molar refractivity (Wildman–Crippen MR) is 133 cm³/mol. The van der Waals surface area contributed by atoms with Crippen LogP contribution in [-0.2, 0) is 16.3 Å². The maximum absolute atomic E-state index is 13.0. The fourth-order valence-corrected chi connectivity index (χ4v) is 4.91. The zero-order chi connectivity index (χ0) is 25.5. The topological polar surface area (TPSA) is 150 Å². The van der Waals surface area contributed by atoms with Crippen molar-refractivity contribution in [2.75, 3.05) is 18.4 Å². The molecule has 10 nitrogen and oxygen atoms in total. The number of hydrogen-bond donors (Lipinski definition) is 4. The van der Waals surface area contributed by atoms with E-state index in [1.165, 1.54) is 24.3 Å². The summed E-state index contributed by atoms with van der Waals surface area (Å²) in [6.45, 7) is 0.979. The van der Waals surface area contributed by atoms with Crippen molar-refractivity contribution < 1.29 is 18.3 Å². The van der Waals surface area contributed by atoms with E-state index in [1.54, 1.807) is 42.5 Å². The van der Waals surface area contributed by atoms with Crippen molar-refractivity contribution in [3.63, 3.8) is 0 Å². The highest BCUT2D eigenvalue weighted by atomic mass is 35.5. The minimum atomic E-state index is -3.75. The second-order valence-electron chi connectivity index (χ2n) is 7.89. The summed E-state index contributed by atoms with van der Waals surface area (Å²) in [7, 11) is -3.75. The molecular formula is C24H23ClN6O4S. The molecule has 1 aromatic heterocycles. The maximum Gasteiger partial charge on any atom is 0.270 e. The van der Waals surface area contributed by atoms with Crippen molar-refractivity contribution in [3.8, 4) is 0 Å². The molecule has 186 valence electrons. The summed E-state index contributed by atoms with van der Waals surface area (Å²) in [5.41, 5.74) is 1.94. The Bertz CT molecular complexity index is 1410.